The Morgan fingerprint density at radius 3 is 1.90 bits per heavy atom. The average molecular weight is 566 g/mol. The Morgan fingerprint density at radius 1 is 0.872 bits per heavy atom. The predicted molar refractivity (Wildman–Crippen MR) is 164 cm³/mol. The smallest absolute Gasteiger partial charge is 0.407 e. The van der Waals surface area contributed by atoms with Crippen LogP contribution >= 0.6 is 0 Å². The monoisotopic (exact) mass is 565 g/mol. The van der Waals surface area contributed by atoms with Crippen molar-refractivity contribution in [1.29, 1.82) is 0 Å². The highest BCUT2D eigenvalue weighted by Crippen LogP contribution is 2.36. The molecule has 6 nitrogen and oxygen atoms in total. The first-order valence-electron chi connectivity index (χ1n) is 15.4. The van der Waals surface area contributed by atoms with Crippen LogP contribution in [0.2, 0.25) is 18.1 Å². The van der Waals surface area contributed by atoms with Gasteiger partial charge in [-0.1, -0.05) is 135 Å². The summed E-state index contributed by atoms with van der Waals surface area (Å²) in [4.78, 5) is 12.6. The van der Waals surface area contributed by atoms with Crippen molar-refractivity contribution in [2.24, 2.45) is 0 Å². The van der Waals surface area contributed by atoms with Crippen molar-refractivity contribution < 1.29 is 24.2 Å². The molecular weight excluding hydrogens is 506 g/mol. The fraction of sp³-hybridized carbons (Fsp3) is 0.781. The number of amides is 1. The number of aliphatic hydroxyl groups is 2. The molecule has 7 heteroatoms. The Kier molecular flexibility index (Phi) is 17.9. The lowest BCUT2D eigenvalue weighted by Crippen LogP contribution is -2.53. The van der Waals surface area contributed by atoms with Crippen molar-refractivity contribution in [3.8, 4) is 0 Å². The molecule has 0 heterocycles. The summed E-state index contributed by atoms with van der Waals surface area (Å²) < 4.78 is 11.7. The molecule has 1 amide bonds. The van der Waals surface area contributed by atoms with Crippen LogP contribution in [0, 0.1) is 0 Å². The summed E-state index contributed by atoms with van der Waals surface area (Å²) in [6.07, 6.45) is 12.8. The fourth-order valence-corrected chi connectivity index (χ4v) is 5.32. The molecule has 0 saturated carbocycles. The normalized spacial score (nSPS) is 14.6. The average Bonchev–Trinajstić information content (AvgIpc) is 2.89. The van der Waals surface area contributed by atoms with Crippen LogP contribution in [0.3, 0.4) is 0 Å². The Morgan fingerprint density at radius 2 is 1.38 bits per heavy atom. The number of aliphatic hydroxyl groups excluding tert-OH is 2. The van der Waals surface area contributed by atoms with Gasteiger partial charge < -0.3 is 24.7 Å². The van der Waals surface area contributed by atoms with Crippen molar-refractivity contribution in [1.82, 2.24) is 5.32 Å². The Balaban J connectivity index is 2.47. The Labute approximate surface area is 240 Å². The van der Waals surface area contributed by atoms with Crippen LogP contribution in [0.5, 0.6) is 0 Å². The molecule has 39 heavy (non-hydrogen) atoms. The summed E-state index contributed by atoms with van der Waals surface area (Å²) in [5, 5.41) is 24.5. The van der Waals surface area contributed by atoms with Crippen LogP contribution in [0.15, 0.2) is 30.3 Å². The quantitative estimate of drug-likeness (QED) is 0.103. The minimum absolute atomic E-state index is 0.00993. The molecule has 0 fully saturated rings. The number of carbonyl (C=O) groups is 1. The van der Waals surface area contributed by atoms with Crippen molar-refractivity contribution >= 4 is 14.4 Å². The first kappa shape index (κ1) is 35.6. The van der Waals surface area contributed by atoms with Crippen molar-refractivity contribution in [3.05, 3.63) is 35.9 Å². The van der Waals surface area contributed by atoms with E-state index in [1.165, 1.54) is 57.8 Å². The number of unbranched alkanes of at least 4 members (excludes halogenated alkanes) is 11. The molecule has 0 aliphatic rings. The summed E-state index contributed by atoms with van der Waals surface area (Å²) >= 11 is 0. The molecule has 0 aliphatic carbocycles. The number of alkyl carbamates (subject to hydrolysis) is 1. The maximum atomic E-state index is 12.6. The molecule has 0 saturated heterocycles. The molecule has 3 atom stereocenters. The van der Waals surface area contributed by atoms with E-state index in [-0.39, 0.29) is 18.3 Å². The molecule has 226 valence electrons. The van der Waals surface area contributed by atoms with Gasteiger partial charge in [0.1, 0.15) is 12.7 Å². The molecule has 1 rings (SSSR count). The van der Waals surface area contributed by atoms with Gasteiger partial charge in [-0.25, -0.2) is 4.79 Å². The highest BCUT2D eigenvalue weighted by Gasteiger charge is 2.39. The maximum Gasteiger partial charge on any atom is 0.407 e. The van der Waals surface area contributed by atoms with Crippen LogP contribution in [0.25, 0.3) is 0 Å². The zero-order valence-corrected chi connectivity index (χ0v) is 26.8. The maximum absolute atomic E-state index is 12.6. The summed E-state index contributed by atoms with van der Waals surface area (Å²) in [5.41, 5.74) is 0.884. The Bertz CT molecular complexity index is 753. The molecule has 0 aliphatic heterocycles. The van der Waals surface area contributed by atoms with Gasteiger partial charge >= 0.3 is 6.09 Å². The second-order valence-electron chi connectivity index (χ2n) is 12.6. The van der Waals surface area contributed by atoms with Crippen molar-refractivity contribution in [2.45, 2.75) is 154 Å². The Hall–Kier alpha value is -1.41. The highest BCUT2D eigenvalue weighted by atomic mass is 28.4. The number of rotatable bonds is 21. The number of hydrogen-bond donors (Lipinski definition) is 3. The van der Waals surface area contributed by atoms with Crippen LogP contribution in [0.1, 0.15) is 117 Å². The van der Waals surface area contributed by atoms with E-state index >= 15 is 0 Å². The number of ether oxygens (including phenoxy) is 1. The SMILES string of the molecule is CCCCCCCCCCCCCC[C@@H](O)[C@H](O)[C@H](CO[Si](C)(C)C(C)(C)C)NC(=O)OCc1ccccc1. The van der Waals surface area contributed by atoms with Gasteiger partial charge in [-0.15, -0.1) is 0 Å². The molecule has 1 aromatic carbocycles. The lowest BCUT2D eigenvalue weighted by molar-refractivity contribution is -0.0199. The van der Waals surface area contributed by atoms with E-state index in [0.29, 0.717) is 6.42 Å². The van der Waals surface area contributed by atoms with Gasteiger partial charge in [0.2, 0.25) is 0 Å². The van der Waals surface area contributed by atoms with E-state index in [0.717, 1.165) is 24.8 Å². The zero-order chi connectivity index (χ0) is 29.2. The van der Waals surface area contributed by atoms with Gasteiger partial charge in [-0.2, -0.15) is 0 Å². The van der Waals surface area contributed by atoms with E-state index in [2.05, 4.69) is 46.1 Å². The third-order valence-electron chi connectivity index (χ3n) is 8.11. The minimum Gasteiger partial charge on any atom is -0.445 e. The predicted octanol–water partition coefficient (Wildman–Crippen LogP) is 8.12. The zero-order valence-electron chi connectivity index (χ0n) is 25.8. The molecule has 0 bridgehead atoms. The number of nitrogens with one attached hydrogen (secondary N) is 1. The third kappa shape index (κ3) is 15.8. The summed E-state index contributed by atoms with van der Waals surface area (Å²) in [6, 6.07) is 8.71. The van der Waals surface area contributed by atoms with Gasteiger partial charge in [-0.05, 0) is 30.1 Å². The molecule has 1 aromatic rings. The van der Waals surface area contributed by atoms with Crippen molar-refractivity contribution in [2.75, 3.05) is 6.61 Å². The second-order valence-corrected chi connectivity index (χ2v) is 17.4. The van der Waals surface area contributed by atoms with Gasteiger partial charge in [-0.3, -0.25) is 0 Å². The molecular formula is C32H59NO5Si. The fourth-order valence-electron chi connectivity index (χ4n) is 4.29. The topological polar surface area (TPSA) is 88.0 Å². The number of hydrogen-bond acceptors (Lipinski definition) is 5. The number of carbonyl (C=O) groups excluding carboxylic acids is 1. The van der Waals surface area contributed by atoms with Crippen LogP contribution in [0.4, 0.5) is 4.79 Å². The second kappa shape index (κ2) is 19.6. The van der Waals surface area contributed by atoms with E-state index in [1.807, 2.05) is 30.3 Å². The number of benzene rings is 1. The van der Waals surface area contributed by atoms with Gasteiger partial charge in [0, 0.05) is 0 Å². The van der Waals surface area contributed by atoms with Crippen LogP contribution in [-0.4, -0.2) is 49.5 Å². The lowest BCUT2D eigenvalue weighted by Gasteiger charge is -2.38. The molecule has 0 unspecified atom stereocenters. The lowest BCUT2D eigenvalue weighted by atomic mass is 9.99. The van der Waals surface area contributed by atoms with E-state index in [4.69, 9.17) is 9.16 Å². The van der Waals surface area contributed by atoms with Gasteiger partial charge in [0.05, 0.1) is 18.8 Å². The molecule has 0 radical (unpaired) electrons. The minimum atomic E-state index is -2.11. The molecule has 0 aromatic heterocycles. The van der Waals surface area contributed by atoms with Crippen LogP contribution < -0.4 is 5.32 Å². The first-order chi connectivity index (χ1) is 18.5. The summed E-state index contributed by atoms with van der Waals surface area (Å²) in [6.45, 7) is 13.2. The van der Waals surface area contributed by atoms with E-state index < -0.39 is 32.7 Å². The van der Waals surface area contributed by atoms with Gasteiger partial charge in [0.15, 0.2) is 8.32 Å². The summed E-state index contributed by atoms with van der Waals surface area (Å²) in [7, 11) is -2.11. The first-order valence-corrected chi connectivity index (χ1v) is 18.4. The van der Waals surface area contributed by atoms with E-state index in [9.17, 15) is 15.0 Å². The van der Waals surface area contributed by atoms with E-state index in [1.54, 1.807) is 0 Å². The standard InChI is InChI=1S/C32H59NO5Si/c1-7-8-9-10-11-12-13-14-15-16-17-21-24-29(34)30(35)28(26-38-39(5,6)32(2,3)4)33-31(36)37-25-27-22-19-18-20-23-27/h18-20,22-23,28-30,34-35H,7-17,21,24-26H2,1-6H3,(H,33,36)/t28-,29+,30+/m0/s1. The largest absolute Gasteiger partial charge is 0.445 e. The highest BCUT2D eigenvalue weighted by molar-refractivity contribution is 6.74. The summed E-state index contributed by atoms with van der Waals surface area (Å²) in [5.74, 6) is 0. The van der Waals surface area contributed by atoms with Crippen LogP contribution in [-0.2, 0) is 15.8 Å². The van der Waals surface area contributed by atoms with Gasteiger partial charge in [0.25, 0.3) is 0 Å². The molecule has 3 N–H and O–H groups in total. The molecule has 0 spiro atoms. The third-order valence-corrected chi connectivity index (χ3v) is 12.6. The van der Waals surface area contributed by atoms with Crippen molar-refractivity contribution in [3.63, 3.8) is 0 Å².